The van der Waals surface area contributed by atoms with Crippen molar-refractivity contribution in [3.05, 3.63) is 65.7 Å². The molecule has 2 N–H and O–H groups in total. The molecule has 0 spiro atoms. The molecule has 5 nitrogen and oxygen atoms in total. The van der Waals surface area contributed by atoms with Crippen LogP contribution in [0.3, 0.4) is 0 Å². The zero-order chi connectivity index (χ0) is 18.4. The highest BCUT2D eigenvalue weighted by atomic mass is 35.5. The van der Waals surface area contributed by atoms with Crippen LogP contribution >= 0.6 is 11.6 Å². The summed E-state index contributed by atoms with van der Waals surface area (Å²) in [6.07, 6.45) is 0.139. The van der Waals surface area contributed by atoms with E-state index in [1.165, 1.54) is 12.1 Å². The van der Waals surface area contributed by atoms with Crippen LogP contribution < -0.4 is 5.73 Å². The maximum Gasteiger partial charge on any atom is 0.216 e. The van der Waals surface area contributed by atoms with E-state index in [1.807, 2.05) is 6.07 Å². The van der Waals surface area contributed by atoms with Crippen LogP contribution in [0.25, 0.3) is 0 Å². The molecule has 2 aromatic rings. The summed E-state index contributed by atoms with van der Waals surface area (Å²) in [6.45, 7) is 0. The first-order chi connectivity index (χ1) is 11.8. The molecule has 2 aromatic carbocycles. The fourth-order valence-corrected chi connectivity index (χ4v) is 3.81. The number of hydrogen-bond acceptors (Lipinski definition) is 5. The van der Waals surface area contributed by atoms with E-state index < -0.39 is 33.3 Å². The molecule has 0 aliphatic carbocycles. The highest BCUT2D eigenvalue weighted by Crippen LogP contribution is 2.17. The Morgan fingerprint density at radius 1 is 0.960 bits per heavy atom. The van der Waals surface area contributed by atoms with Crippen molar-refractivity contribution in [2.75, 3.05) is 5.88 Å². The number of benzene rings is 2. The number of Topliss-reactive ketones (excluding diaryl/α,β-unsaturated/α-hetero) is 2. The van der Waals surface area contributed by atoms with Crippen molar-refractivity contribution in [1.82, 2.24) is 0 Å². The van der Waals surface area contributed by atoms with E-state index in [9.17, 15) is 18.0 Å². The Morgan fingerprint density at radius 2 is 1.56 bits per heavy atom. The minimum absolute atomic E-state index is 0.0879. The van der Waals surface area contributed by atoms with E-state index in [1.54, 1.807) is 36.4 Å². The number of carbonyl (C=O) groups is 2. The molecule has 0 bridgehead atoms. The molecule has 2 rings (SSSR count). The Kier molecular flexibility index (Phi) is 6.47. The monoisotopic (exact) mass is 379 g/mol. The average molecular weight is 380 g/mol. The first-order valence-electron chi connectivity index (χ1n) is 7.57. The third-order valence-electron chi connectivity index (χ3n) is 3.67. The first-order valence-corrected chi connectivity index (χ1v) is 9.76. The van der Waals surface area contributed by atoms with Gasteiger partial charge in [-0.25, -0.2) is 8.42 Å². The molecule has 1 atom stereocenters. The fraction of sp³-hybridized carbons (Fsp3) is 0.222. The van der Waals surface area contributed by atoms with Gasteiger partial charge in [0.15, 0.2) is 9.84 Å². The minimum atomic E-state index is -3.46. The number of halogens is 1. The third kappa shape index (κ3) is 5.22. The van der Waals surface area contributed by atoms with Crippen LogP contribution in [-0.4, -0.2) is 31.9 Å². The molecule has 0 amide bonds. The maximum absolute atomic E-state index is 12.4. The van der Waals surface area contributed by atoms with Crippen LogP contribution in [0.1, 0.15) is 11.1 Å². The van der Waals surface area contributed by atoms with Gasteiger partial charge in [-0.3, -0.25) is 9.59 Å². The molecular weight excluding hydrogens is 362 g/mol. The molecule has 0 aliphatic rings. The van der Waals surface area contributed by atoms with Crippen LogP contribution in [-0.2, 0) is 31.6 Å². The maximum atomic E-state index is 12.4. The summed E-state index contributed by atoms with van der Waals surface area (Å²) in [5.74, 6) is -1.94. The summed E-state index contributed by atoms with van der Waals surface area (Å²) in [6, 6.07) is 14.1. The molecule has 0 aliphatic heterocycles. The average Bonchev–Trinajstić information content (AvgIpc) is 2.61. The predicted molar refractivity (Wildman–Crippen MR) is 96.2 cm³/mol. The Bertz CT molecular complexity index is 848. The van der Waals surface area contributed by atoms with Crippen molar-refractivity contribution in [2.45, 2.75) is 23.1 Å². The van der Waals surface area contributed by atoms with Crippen molar-refractivity contribution >= 4 is 33.0 Å². The molecule has 7 heteroatoms. The van der Waals surface area contributed by atoms with Crippen molar-refractivity contribution in [3.8, 4) is 0 Å². The Labute approximate surface area is 151 Å². The highest BCUT2D eigenvalue weighted by Gasteiger charge is 2.21. The lowest BCUT2D eigenvalue weighted by atomic mass is 10.0. The van der Waals surface area contributed by atoms with Gasteiger partial charge in [-0.2, -0.15) is 0 Å². The summed E-state index contributed by atoms with van der Waals surface area (Å²) in [5.41, 5.74) is 7.08. The van der Waals surface area contributed by atoms with Crippen molar-refractivity contribution < 1.29 is 18.0 Å². The summed E-state index contributed by atoms with van der Waals surface area (Å²) in [5, 5.41) is 0. The molecule has 0 unspecified atom stereocenters. The van der Waals surface area contributed by atoms with Gasteiger partial charge in [0.05, 0.1) is 22.6 Å². The standard InChI is InChI=1S/C18H18ClNO4S/c19-11-17(21)18(22)16(20)10-13-6-8-15(9-7-13)25(23,24)12-14-4-2-1-3-5-14/h1-9,16H,10-12,20H2/t16-/m0/s1. The van der Waals surface area contributed by atoms with E-state index in [4.69, 9.17) is 17.3 Å². The molecule has 132 valence electrons. The number of alkyl halides is 1. The Hall–Kier alpha value is -2.02. The molecule has 25 heavy (non-hydrogen) atoms. The molecule has 0 aromatic heterocycles. The second-order valence-electron chi connectivity index (χ2n) is 5.62. The van der Waals surface area contributed by atoms with Crippen LogP contribution in [0.4, 0.5) is 0 Å². The van der Waals surface area contributed by atoms with Gasteiger partial charge in [-0.05, 0) is 29.7 Å². The van der Waals surface area contributed by atoms with Crippen LogP contribution in [0.5, 0.6) is 0 Å². The number of carbonyl (C=O) groups excluding carboxylic acids is 2. The lowest BCUT2D eigenvalue weighted by Gasteiger charge is -2.10. The van der Waals surface area contributed by atoms with Gasteiger partial charge in [0.25, 0.3) is 0 Å². The lowest BCUT2D eigenvalue weighted by Crippen LogP contribution is -2.38. The zero-order valence-electron chi connectivity index (χ0n) is 13.4. The highest BCUT2D eigenvalue weighted by molar-refractivity contribution is 7.90. The zero-order valence-corrected chi connectivity index (χ0v) is 15.0. The second-order valence-corrected chi connectivity index (χ2v) is 7.88. The molecule has 0 saturated carbocycles. The van der Waals surface area contributed by atoms with E-state index in [0.29, 0.717) is 11.1 Å². The van der Waals surface area contributed by atoms with E-state index in [-0.39, 0.29) is 17.1 Å². The third-order valence-corrected chi connectivity index (χ3v) is 5.62. The van der Waals surface area contributed by atoms with Gasteiger partial charge < -0.3 is 5.73 Å². The van der Waals surface area contributed by atoms with Crippen LogP contribution in [0, 0.1) is 0 Å². The van der Waals surface area contributed by atoms with Crippen molar-refractivity contribution in [2.24, 2.45) is 5.73 Å². The van der Waals surface area contributed by atoms with Gasteiger partial charge in [0, 0.05) is 0 Å². The van der Waals surface area contributed by atoms with Crippen LogP contribution in [0.15, 0.2) is 59.5 Å². The Morgan fingerprint density at radius 3 is 2.12 bits per heavy atom. The van der Waals surface area contributed by atoms with Gasteiger partial charge in [0.2, 0.25) is 11.6 Å². The summed E-state index contributed by atoms with van der Waals surface area (Å²) in [4.78, 5) is 23.1. The molecule has 0 saturated heterocycles. The quantitative estimate of drug-likeness (QED) is 0.558. The van der Waals surface area contributed by atoms with E-state index in [0.717, 1.165) is 0 Å². The number of nitrogens with two attached hydrogens (primary N) is 1. The SMILES string of the molecule is N[C@@H](Cc1ccc(S(=O)(=O)Cc2ccccc2)cc1)C(=O)C(=O)CCl. The minimum Gasteiger partial charge on any atom is -0.321 e. The normalized spacial score (nSPS) is 12.6. The number of hydrogen-bond donors (Lipinski definition) is 1. The van der Waals surface area contributed by atoms with E-state index >= 15 is 0 Å². The summed E-state index contributed by atoms with van der Waals surface area (Å²) < 4.78 is 24.9. The predicted octanol–water partition coefficient (Wildman–Crippen LogP) is 1.91. The van der Waals surface area contributed by atoms with Gasteiger partial charge >= 0.3 is 0 Å². The molecule has 0 fully saturated rings. The molecular formula is C18H18ClNO4S. The Balaban J connectivity index is 2.09. The number of rotatable bonds is 8. The summed E-state index contributed by atoms with van der Waals surface area (Å²) >= 11 is 5.34. The van der Waals surface area contributed by atoms with Gasteiger partial charge in [0.1, 0.15) is 0 Å². The van der Waals surface area contributed by atoms with Crippen molar-refractivity contribution in [1.29, 1.82) is 0 Å². The summed E-state index contributed by atoms with van der Waals surface area (Å²) in [7, 11) is -3.46. The smallest absolute Gasteiger partial charge is 0.216 e. The number of sulfone groups is 1. The second kappa shape index (κ2) is 8.38. The lowest BCUT2D eigenvalue weighted by molar-refractivity contribution is -0.135. The van der Waals surface area contributed by atoms with Crippen molar-refractivity contribution in [3.63, 3.8) is 0 Å². The molecule has 0 heterocycles. The fourth-order valence-electron chi connectivity index (χ4n) is 2.33. The van der Waals surface area contributed by atoms with E-state index in [2.05, 4.69) is 0 Å². The number of ketones is 2. The van der Waals surface area contributed by atoms with Crippen LogP contribution in [0.2, 0.25) is 0 Å². The topological polar surface area (TPSA) is 94.3 Å². The first kappa shape index (κ1) is 19.3. The van der Waals surface area contributed by atoms with Gasteiger partial charge in [-0.1, -0.05) is 42.5 Å². The van der Waals surface area contributed by atoms with Gasteiger partial charge in [-0.15, -0.1) is 11.6 Å². The molecule has 0 radical (unpaired) electrons. The largest absolute Gasteiger partial charge is 0.321 e.